The molecule has 1 heterocycles. The van der Waals surface area contributed by atoms with E-state index in [0.29, 0.717) is 6.42 Å². The second-order valence-corrected chi connectivity index (χ2v) is 6.11. The van der Waals surface area contributed by atoms with Gasteiger partial charge in [0.2, 0.25) is 5.91 Å². The maximum Gasteiger partial charge on any atom is 0.244 e. The van der Waals surface area contributed by atoms with E-state index in [2.05, 4.69) is 5.32 Å². The van der Waals surface area contributed by atoms with Crippen LogP contribution in [0.4, 0.5) is 0 Å². The first-order chi connectivity index (χ1) is 8.53. The molecule has 0 saturated heterocycles. The van der Waals surface area contributed by atoms with Gasteiger partial charge in [0, 0.05) is 12.6 Å². The fraction of sp³-hybridized carbons (Fsp3) is 0.462. The van der Waals surface area contributed by atoms with E-state index in [1.54, 1.807) is 36.1 Å². The number of thiophene rings is 1. The van der Waals surface area contributed by atoms with E-state index in [9.17, 15) is 9.90 Å². The van der Waals surface area contributed by atoms with Crippen LogP contribution < -0.4 is 5.32 Å². The zero-order valence-electron chi connectivity index (χ0n) is 10.7. The molecule has 3 nitrogen and oxygen atoms in total. The third kappa shape index (κ3) is 6.23. The summed E-state index contributed by atoms with van der Waals surface area (Å²) in [5.41, 5.74) is 0.179. The second kappa shape index (κ2) is 7.61. The minimum atomic E-state index is -0.838. The molecular weight excluding hydrogens is 266 g/mol. The zero-order valence-corrected chi connectivity index (χ0v) is 12.3. The van der Waals surface area contributed by atoms with Crippen LogP contribution in [0.1, 0.15) is 18.9 Å². The van der Waals surface area contributed by atoms with Crippen LogP contribution in [0.5, 0.6) is 0 Å². The molecule has 5 heteroatoms. The summed E-state index contributed by atoms with van der Waals surface area (Å²) in [7, 11) is 0. The van der Waals surface area contributed by atoms with Crippen LogP contribution in [-0.4, -0.2) is 35.2 Å². The zero-order chi connectivity index (χ0) is 13.4. The summed E-state index contributed by atoms with van der Waals surface area (Å²) in [6, 6.07) is 1.95. The molecule has 1 amide bonds. The van der Waals surface area contributed by atoms with E-state index in [1.165, 1.54) is 6.08 Å². The van der Waals surface area contributed by atoms with Crippen LogP contribution >= 0.6 is 23.1 Å². The van der Waals surface area contributed by atoms with Crippen molar-refractivity contribution >= 4 is 35.1 Å². The third-order valence-corrected chi connectivity index (χ3v) is 3.77. The second-order valence-electron chi connectivity index (χ2n) is 4.35. The maximum atomic E-state index is 11.5. The normalized spacial score (nSPS) is 14.6. The van der Waals surface area contributed by atoms with E-state index in [4.69, 9.17) is 0 Å². The lowest BCUT2D eigenvalue weighted by Gasteiger charge is -2.22. The van der Waals surface area contributed by atoms with Crippen molar-refractivity contribution in [2.75, 3.05) is 18.6 Å². The van der Waals surface area contributed by atoms with Crippen molar-refractivity contribution in [2.45, 2.75) is 18.9 Å². The first kappa shape index (κ1) is 15.3. The summed E-state index contributed by atoms with van der Waals surface area (Å²) in [6.07, 6.45) is 5.93. The molecule has 0 saturated carbocycles. The fourth-order valence-corrected chi connectivity index (χ4v) is 2.56. The van der Waals surface area contributed by atoms with Crippen molar-refractivity contribution in [1.82, 2.24) is 5.32 Å². The largest absolute Gasteiger partial charge is 0.388 e. The van der Waals surface area contributed by atoms with Crippen molar-refractivity contribution in [1.29, 1.82) is 0 Å². The highest BCUT2D eigenvalue weighted by molar-refractivity contribution is 7.98. The van der Waals surface area contributed by atoms with Crippen LogP contribution in [0.2, 0.25) is 0 Å². The minimum Gasteiger partial charge on any atom is -0.388 e. The molecule has 1 aromatic rings. The summed E-state index contributed by atoms with van der Waals surface area (Å²) < 4.78 is 0. The minimum absolute atomic E-state index is 0.175. The first-order valence-electron chi connectivity index (χ1n) is 5.73. The van der Waals surface area contributed by atoms with Crippen molar-refractivity contribution < 1.29 is 9.90 Å². The van der Waals surface area contributed by atoms with Crippen LogP contribution in [0.15, 0.2) is 22.9 Å². The quantitative estimate of drug-likeness (QED) is 0.756. The molecule has 18 heavy (non-hydrogen) atoms. The number of aliphatic hydroxyl groups is 1. The van der Waals surface area contributed by atoms with Gasteiger partial charge in [0.05, 0.1) is 5.60 Å². The fourth-order valence-electron chi connectivity index (χ4n) is 1.29. The standard InChI is InChI=1S/C13H19NO2S2/c1-13(16,6-8-17-2)10-14-12(15)4-3-11-5-7-18-9-11/h3-5,7,9,16H,6,8,10H2,1-2H3,(H,14,15)/b4-3+. The Bertz CT molecular complexity index is 386. The van der Waals surface area contributed by atoms with Gasteiger partial charge < -0.3 is 10.4 Å². The number of amides is 1. The van der Waals surface area contributed by atoms with Gasteiger partial charge in [0.15, 0.2) is 0 Å². The van der Waals surface area contributed by atoms with Crippen LogP contribution in [0.25, 0.3) is 6.08 Å². The number of hydrogen-bond donors (Lipinski definition) is 2. The Balaban J connectivity index is 2.32. The first-order valence-corrected chi connectivity index (χ1v) is 8.06. The Labute approximate surface area is 116 Å². The van der Waals surface area contributed by atoms with Crippen molar-refractivity contribution in [3.63, 3.8) is 0 Å². The summed E-state index contributed by atoms with van der Waals surface area (Å²) >= 11 is 3.28. The van der Waals surface area contributed by atoms with E-state index in [-0.39, 0.29) is 12.5 Å². The van der Waals surface area contributed by atoms with E-state index >= 15 is 0 Å². The molecule has 1 aromatic heterocycles. The lowest BCUT2D eigenvalue weighted by molar-refractivity contribution is -0.117. The molecule has 2 N–H and O–H groups in total. The van der Waals surface area contributed by atoms with Crippen LogP contribution in [0.3, 0.4) is 0 Å². The van der Waals surface area contributed by atoms with Crippen LogP contribution in [-0.2, 0) is 4.79 Å². The summed E-state index contributed by atoms with van der Waals surface area (Å²) in [4.78, 5) is 11.5. The molecule has 1 rings (SSSR count). The van der Waals surface area contributed by atoms with Gasteiger partial charge in [0.25, 0.3) is 0 Å². The van der Waals surface area contributed by atoms with E-state index in [1.807, 2.05) is 23.1 Å². The van der Waals surface area contributed by atoms with Gasteiger partial charge in [-0.1, -0.05) is 0 Å². The van der Waals surface area contributed by atoms with Gasteiger partial charge in [-0.25, -0.2) is 0 Å². The van der Waals surface area contributed by atoms with Gasteiger partial charge in [-0.05, 0) is 53.8 Å². The molecule has 0 spiro atoms. The molecule has 100 valence electrons. The van der Waals surface area contributed by atoms with Crippen LogP contribution in [0, 0.1) is 0 Å². The molecule has 0 bridgehead atoms. The number of carbonyl (C=O) groups is 1. The Kier molecular flexibility index (Phi) is 6.46. The molecule has 0 aliphatic carbocycles. The molecule has 0 fully saturated rings. The number of thioether (sulfide) groups is 1. The lowest BCUT2D eigenvalue weighted by Crippen LogP contribution is -2.40. The summed E-state index contributed by atoms with van der Waals surface area (Å²) in [6.45, 7) is 2.02. The average molecular weight is 285 g/mol. The van der Waals surface area contributed by atoms with E-state index in [0.717, 1.165) is 11.3 Å². The number of nitrogens with one attached hydrogen (secondary N) is 1. The highest BCUT2D eigenvalue weighted by atomic mass is 32.2. The Morgan fingerprint density at radius 1 is 1.67 bits per heavy atom. The van der Waals surface area contributed by atoms with E-state index < -0.39 is 5.60 Å². The highest BCUT2D eigenvalue weighted by Crippen LogP contribution is 2.11. The van der Waals surface area contributed by atoms with Gasteiger partial charge in [0.1, 0.15) is 0 Å². The summed E-state index contributed by atoms with van der Waals surface area (Å²) in [5, 5.41) is 16.6. The highest BCUT2D eigenvalue weighted by Gasteiger charge is 2.19. The molecular formula is C13H19NO2S2. The monoisotopic (exact) mass is 285 g/mol. The molecule has 0 radical (unpaired) electrons. The third-order valence-electron chi connectivity index (χ3n) is 2.46. The predicted octanol–water partition coefficient (Wildman–Crippen LogP) is 2.38. The van der Waals surface area contributed by atoms with Crippen molar-refractivity contribution in [2.24, 2.45) is 0 Å². The SMILES string of the molecule is CSCCC(C)(O)CNC(=O)/C=C/c1ccsc1. The number of hydrogen-bond acceptors (Lipinski definition) is 4. The predicted molar refractivity (Wildman–Crippen MR) is 80.0 cm³/mol. The topological polar surface area (TPSA) is 49.3 Å². The van der Waals surface area contributed by atoms with Gasteiger partial charge in [-0.3, -0.25) is 4.79 Å². The van der Waals surface area contributed by atoms with Gasteiger partial charge in [-0.15, -0.1) is 0 Å². The molecule has 1 unspecified atom stereocenters. The lowest BCUT2D eigenvalue weighted by atomic mass is 10.0. The molecule has 0 aliphatic rings. The molecule has 0 aliphatic heterocycles. The molecule has 0 aromatic carbocycles. The smallest absolute Gasteiger partial charge is 0.244 e. The summed E-state index contributed by atoms with van der Waals surface area (Å²) in [5.74, 6) is 0.707. The maximum absolute atomic E-state index is 11.5. The van der Waals surface area contributed by atoms with Crippen molar-refractivity contribution in [3.05, 3.63) is 28.5 Å². The Morgan fingerprint density at radius 2 is 2.44 bits per heavy atom. The Hall–Kier alpha value is -0.780. The molecule has 1 atom stereocenters. The average Bonchev–Trinajstić information content (AvgIpc) is 2.84. The number of carbonyl (C=O) groups excluding carboxylic acids is 1. The van der Waals surface area contributed by atoms with Gasteiger partial charge >= 0.3 is 0 Å². The van der Waals surface area contributed by atoms with Crippen molar-refractivity contribution in [3.8, 4) is 0 Å². The number of rotatable bonds is 7. The Morgan fingerprint density at radius 3 is 3.06 bits per heavy atom. The van der Waals surface area contributed by atoms with Gasteiger partial charge in [-0.2, -0.15) is 23.1 Å².